The molecule has 0 aliphatic heterocycles. The Bertz CT molecular complexity index is 488. The number of halogens is 1. The second-order valence-corrected chi connectivity index (χ2v) is 3.98. The summed E-state index contributed by atoms with van der Waals surface area (Å²) >= 11 is 3.27. The summed E-state index contributed by atoms with van der Waals surface area (Å²) in [5.74, 6) is 1.12. The summed E-state index contributed by atoms with van der Waals surface area (Å²) in [4.78, 5) is 4.16. The average molecular weight is 280 g/mol. The molecule has 3 nitrogen and oxygen atoms in total. The zero-order valence-electron chi connectivity index (χ0n) is 8.43. The second-order valence-electron chi connectivity index (χ2n) is 3.17. The summed E-state index contributed by atoms with van der Waals surface area (Å²) in [5.41, 5.74) is 0.740. The van der Waals surface area contributed by atoms with E-state index in [2.05, 4.69) is 20.9 Å². The van der Waals surface area contributed by atoms with Crippen molar-refractivity contribution < 1.29 is 9.84 Å². The Morgan fingerprint density at radius 1 is 1.12 bits per heavy atom. The highest BCUT2D eigenvalue weighted by Gasteiger charge is 2.04. The zero-order valence-corrected chi connectivity index (χ0v) is 10.0. The van der Waals surface area contributed by atoms with E-state index in [9.17, 15) is 0 Å². The number of pyridine rings is 1. The number of benzene rings is 1. The first-order valence-corrected chi connectivity index (χ1v) is 5.58. The van der Waals surface area contributed by atoms with Crippen LogP contribution in [0, 0.1) is 0 Å². The molecule has 0 radical (unpaired) electrons. The predicted octanol–water partition coefficient (Wildman–Crippen LogP) is 3.13. The summed E-state index contributed by atoms with van der Waals surface area (Å²) in [6, 6.07) is 12.7. The van der Waals surface area contributed by atoms with Crippen molar-refractivity contribution in [2.45, 2.75) is 6.61 Å². The maximum absolute atomic E-state index is 9.14. The maximum Gasteiger partial charge on any atom is 0.220 e. The highest BCUT2D eigenvalue weighted by atomic mass is 79.9. The molecule has 0 amide bonds. The molecule has 16 heavy (non-hydrogen) atoms. The Kier molecular flexibility index (Phi) is 3.54. The number of hydrogen-bond acceptors (Lipinski definition) is 3. The molecule has 82 valence electrons. The number of aromatic nitrogens is 1. The Labute approximate surface area is 102 Å². The van der Waals surface area contributed by atoms with E-state index in [1.54, 1.807) is 12.1 Å². The number of rotatable bonds is 3. The van der Waals surface area contributed by atoms with E-state index in [-0.39, 0.29) is 6.61 Å². The lowest BCUT2D eigenvalue weighted by molar-refractivity contribution is 0.276. The first kappa shape index (κ1) is 11.1. The maximum atomic E-state index is 9.14. The van der Waals surface area contributed by atoms with Crippen molar-refractivity contribution in [3.63, 3.8) is 0 Å². The fourth-order valence-corrected chi connectivity index (χ4v) is 1.62. The van der Waals surface area contributed by atoms with Crippen molar-refractivity contribution in [3.05, 3.63) is 52.6 Å². The van der Waals surface area contributed by atoms with Crippen molar-refractivity contribution >= 4 is 15.9 Å². The smallest absolute Gasteiger partial charge is 0.220 e. The predicted molar refractivity (Wildman–Crippen MR) is 64.4 cm³/mol. The van der Waals surface area contributed by atoms with Crippen LogP contribution >= 0.6 is 15.9 Å². The normalized spacial score (nSPS) is 10.1. The molecular formula is C12H10BrNO2. The van der Waals surface area contributed by atoms with Gasteiger partial charge in [-0.15, -0.1) is 0 Å². The molecule has 0 spiro atoms. The van der Waals surface area contributed by atoms with Gasteiger partial charge in [0.05, 0.1) is 6.61 Å². The van der Waals surface area contributed by atoms with Gasteiger partial charge < -0.3 is 9.84 Å². The van der Waals surface area contributed by atoms with Crippen LogP contribution < -0.4 is 4.74 Å². The van der Waals surface area contributed by atoms with E-state index in [4.69, 9.17) is 9.84 Å². The van der Waals surface area contributed by atoms with Crippen LogP contribution in [-0.4, -0.2) is 10.1 Å². The molecule has 2 rings (SSSR count). The third-order valence-corrected chi connectivity index (χ3v) is 2.49. The largest absolute Gasteiger partial charge is 0.439 e. The van der Waals surface area contributed by atoms with E-state index in [1.807, 2.05) is 30.3 Å². The highest BCUT2D eigenvalue weighted by molar-refractivity contribution is 9.10. The first-order valence-electron chi connectivity index (χ1n) is 4.79. The van der Waals surface area contributed by atoms with Gasteiger partial charge in [-0.05, 0) is 28.1 Å². The molecule has 1 N–H and O–H groups in total. The molecule has 0 unspecified atom stereocenters. The van der Waals surface area contributed by atoms with Gasteiger partial charge in [0.2, 0.25) is 5.88 Å². The van der Waals surface area contributed by atoms with Crippen molar-refractivity contribution in [1.29, 1.82) is 0 Å². The molecule has 4 heteroatoms. The average Bonchev–Trinajstić information content (AvgIpc) is 2.30. The van der Waals surface area contributed by atoms with Gasteiger partial charge in [-0.3, -0.25) is 0 Å². The summed E-state index contributed by atoms with van der Waals surface area (Å²) in [6.07, 6.45) is 0. The van der Waals surface area contributed by atoms with Gasteiger partial charge in [-0.2, -0.15) is 0 Å². The summed E-state index contributed by atoms with van der Waals surface area (Å²) in [6.45, 7) is -0.0514. The van der Waals surface area contributed by atoms with E-state index in [1.165, 1.54) is 0 Å². The van der Waals surface area contributed by atoms with Crippen molar-refractivity contribution in [3.8, 4) is 11.6 Å². The minimum Gasteiger partial charge on any atom is -0.439 e. The van der Waals surface area contributed by atoms with Crippen LogP contribution in [0.2, 0.25) is 0 Å². The minimum absolute atomic E-state index is 0.0514. The first-order chi connectivity index (χ1) is 7.79. The molecule has 1 heterocycles. The lowest BCUT2D eigenvalue weighted by Gasteiger charge is -2.08. The van der Waals surface area contributed by atoms with Gasteiger partial charge in [0.15, 0.2) is 0 Å². The fourth-order valence-electron chi connectivity index (χ4n) is 1.29. The van der Waals surface area contributed by atoms with Crippen molar-refractivity contribution in [2.75, 3.05) is 0 Å². The van der Waals surface area contributed by atoms with Crippen LogP contribution in [0.5, 0.6) is 11.6 Å². The molecule has 0 atom stereocenters. The quantitative estimate of drug-likeness (QED) is 0.878. The molecule has 0 bridgehead atoms. The molecule has 0 fully saturated rings. The van der Waals surface area contributed by atoms with Crippen molar-refractivity contribution in [1.82, 2.24) is 4.98 Å². The second kappa shape index (κ2) is 5.09. The monoisotopic (exact) mass is 279 g/mol. The third-order valence-electron chi connectivity index (χ3n) is 2.05. The molecule has 0 aliphatic rings. The van der Waals surface area contributed by atoms with E-state index in [0.29, 0.717) is 16.2 Å². The lowest BCUT2D eigenvalue weighted by atomic mass is 10.2. The summed E-state index contributed by atoms with van der Waals surface area (Å²) < 4.78 is 6.29. The van der Waals surface area contributed by atoms with Crippen LogP contribution in [0.25, 0.3) is 0 Å². The van der Waals surface area contributed by atoms with Gasteiger partial charge in [-0.25, -0.2) is 4.98 Å². The van der Waals surface area contributed by atoms with Crippen LogP contribution in [0.1, 0.15) is 5.56 Å². The molecule has 0 saturated carbocycles. The molecule has 1 aromatic heterocycles. The molecule has 1 aromatic carbocycles. The Hall–Kier alpha value is -1.39. The number of nitrogens with zero attached hydrogens (tertiary/aromatic N) is 1. The Balaban J connectivity index is 2.26. The van der Waals surface area contributed by atoms with Crippen LogP contribution in [-0.2, 0) is 6.61 Å². The molecular weight excluding hydrogens is 270 g/mol. The molecule has 2 aromatic rings. The standard InChI is InChI=1S/C12H10BrNO2/c13-11-6-3-7-12(14-11)16-10-5-2-1-4-9(10)8-15/h1-7,15H,8H2. The topological polar surface area (TPSA) is 42.4 Å². The van der Waals surface area contributed by atoms with Gasteiger partial charge in [0.25, 0.3) is 0 Å². The number of ether oxygens (including phenoxy) is 1. The molecule has 0 aliphatic carbocycles. The summed E-state index contributed by atoms with van der Waals surface area (Å²) in [7, 11) is 0. The van der Waals surface area contributed by atoms with E-state index in [0.717, 1.165) is 5.56 Å². The molecule has 0 saturated heterocycles. The zero-order chi connectivity index (χ0) is 11.4. The fraction of sp³-hybridized carbons (Fsp3) is 0.0833. The Morgan fingerprint density at radius 3 is 2.69 bits per heavy atom. The Morgan fingerprint density at radius 2 is 1.94 bits per heavy atom. The number of aliphatic hydroxyl groups excluding tert-OH is 1. The van der Waals surface area contributed by atoms with Crippen LogP contribution in [0.4, 0.5) is 0 Å². The SMILES string of the molecule is OCc1ccccc1Oc1cccc(Br)n1. The highest BCUT2D eigenvalue weighted by Crippen LogP contribution is 2.24. The van der Waals surface area contributed by atoms with E-state index >= 15 is 0 Å². The van der Waals surface area contributed by atoms with Gasteiger partial charge in [0, 0.05) is 11.6 Å². The lowest BCUT2D eigenvalue weighted by Crippen LogP contribution is -1.92. The van der Waals surface area contributed by atoms with Gasteiger partial charge in [0.1, 0.15) is 10.4 Å². The van der Waals surface area contributed by atoms with E-state index < -0.39 is 0 Å². The number of aliphatic hydroxyl groups is 1. The number of hydrogen-bond donors (Lipinski definition) is 1. The number of para-hydroxylation sites is 1. The van der Waals surface area contributed by atoms with Crippen LogP contribution in [0.3, 0.4) is 0 Å². The third kappa shape index (κ3) is 2.59. The minimum atomic E-state index is -0.0514. The van der Waals surface area contributed by atoms with Gasteiger partial charge in [-0.1, -0.05) is 24.3 Å². The summed E-state index contributed by atoms with van der Waals surface area (Å²) in [5, 5.41) is 9.14. The van der Waals surface area contributed by atoms with Gasteiger partial charge >= 0.3 is 0 Å². The van der Waals surface area contributed by atoms with Crippen molar-refractivity contribution in [2.24, 2.45) is 0 Å². The van der Waals surface area contributed by atoms with Crippen LogP contribution in [0.15, 0.2) is 47.1 Å².